The van der Waals surface area contributed by atoms with Crippen molar-refractivity contribution >= 4 is 5.91 Å². The number of aliphatic hydroxyl groups excluding tert-OH is 1. The second-order valence-electron chi connectivity index (χ2n) is 4.78. The SMILES string of the molecule is NC1(CC(=O)NC2CC(O)C2)CCC1. The highest BCUT2D eigenvalue weighted by molar-refractivity contribution is 5.77. The maximum absolute atomic E-state index is 11.5. The van der Waals surface area contributed by atoms with E-state index in [2.05, 4.69) is 5.32 Å². The molecule has 0 saturated heterocycles. The van der Waals surface area contributed by atoms with Crippen LogP contribution in [0.2, 0.25) is 0 Å². The van der Waals surface area contributed by atoms with E-state index < -0.39 is 0 Å². The largest absolute Gasteiger partial charge is 0.393 e. The Morgan fingerprint density at radius 2 is 2.14 bits per heavy atom. The van der Waals surface area contributed by atoms with Crippen molar-refractivity contribution in [2.45, 2.75) is 56.2 Å². The van der Waals surface area contributed by atoms with Gasteiger partial charge >= 0.3 is 0 Å². The molecule has 2 aliphatic carbocycles. The molecule has 0 spiro atoms. The molecule has 2 saturated carbocycles. The fraction of sp³-hybridized carbons (Fsp3) is 0.900. The molecular formula is C10H18N2O2. The lowest BCUT2D eigenvalue weighted by Gasteiger charge is -2.39. The third kappa shape index (κ3) is 2.07. The topological polar surface area (TPSA) is 75.4 Å². The number of nitrogens with two attached hydrogens (primary N) is 1. The molecule has 2 fully saturated rings. The Kier molecular flexibility index (Phi) is 2.49. The van der Waals surface area contributed by atoms with Gasteiger partial charge in [0.2, 0.25) is 5.91 Å². The Hall–Kier alpha value is -0.610. The summed E-state index contributed by atoms with van der Waals surface area (Å²) in [7, 11) is 0. The van der Waals surface area contributed by atoms with Crippen molar-refractivity contribution in [1.29, 1.82) is 0 Å². The summed E-state index contributed by atoms with van der Waals surface area (Å²) >= 11 is 0. The smallest absolute Gasteiger partial charge is 0.222 e. The van der Waals surface area contributed by atoms with E-state index in [0.717, 1.165) is 19.3 Å². The van der Waals surface area contributed by atoms with Gasteiger partial charge in [-0.15, -0.1) is 0 Å². The molecular weight excluding hydrogens is 180 g/mol. The predicted octanol–water partition coefficient (Wildman–Crippen LogP) is -0.103. The average Bonchev–Trinajstić information content (AvgIpc) is 1.98. The first-order valence-electron chi connectivity index (χ1n) is 5.34. The minimum absolute atomic E-state index is 0.0455. The number of hydrogen-bond acceptors (Lipinski definition) is 3. The van der Waals surface area contributed by atoms with Crippen LogP contribution in [0.15, 0.2) is 0 Å². The third-order valence-electron chi connectivity index (χ3n) is 3.34. The highest BCUT2D eigenvalue weighted by Gasteiger charge is 2.36. The lowest BCUT2D eigenvalue weighted by Crippen LogP contribution is -2.53. The molecule has 2 aliphatic rings. The van der Waals surface area contributed by atoms with E-state index in [1.165, 1.54) is 0 Å². The van der Waals surface area contributed by atoms with E-state index in [1.54, 1.807) is 0 Å². The second-order valence-corrected chi connectivity index (χ2v) is 4.78. The molecule has 0 aromatic carbocycles. The van der Waals surface area contributed by atoms with Crippen LogP contribution in [-0.2, 0) is 4.79 Å². The van der Waals surface area contributed by atoms with Gasteiger partial charge in [-0.3, -0.25) is 4.79 Å². The van der Waals surface area contributed by atoms with Gasteiger partial charge < -0.3 is 16.2 Å². The van der Waals surface area contributed by atoms with Crippen LogP contribution in [0.1, 0.15) is 38.5 Å². The van der Waals surface area contributed by atoms with Crippen LogP contribution in [0, 0.1) is 0 Å². The zero-order valence-electron chi connectivity index (χ0n) is 8.33. The summed E-state index contributed by atoms with van der Waals surface area (Å²) in [5.41, 5.74) is 5.73. The van der Waals surface area contributed by atoms with Crippen molar-refractivity contribution < 1.29 is 9.90 Å². The van der Waals surface area contributed by atoms with Crippen molar-refractivity contribution in [2.24, 2.45) is 5.73 Å². The van der Waals surface area contributed by atoms with Crippen molar-refractivity contribution in [3.8, 4) is 0 Å². The fourth-order valence-corrected chi connectivity index (χ4v) is 2.11. The molecule has 4 heteroatoms. The van der Waals surface area contributed by atoms with Gasteiger partial charge in [0.1, 0.15) is 0 Å². The van der Waals surface area contributed by atoms with Crippen LogP contribution >= 0.6 is 0 Å². The molecule has 0 heterocycles. The van der Waals surface area contributed by atoms with Gasteiger partial charge in [-0.1, -0.05) is 0 Å². The van der Waals surface area contributed by atoms with Crippen molar-refractivity contribution in [2.75, 3.05) is 0 Å². The summed E-state index contributed by atoms with van der Waals surface area (Å²) in [6, 6.07) is 0.182. The summed E-state index contributed by atoms with van der Waals surface area (Å²) < 4.78 is 0. The molecule has 14 heavy (non-hydrogen) atoms. The van der Waals surface area contributed by atoms with Crippen LogP contribution in [0.5, 0.6) is 0 Å². The fourth-order valence-electron chi connectivity index (χ4n) is 2.11. The molecule has 0 aliphatic heterocycles. The summed E-state index contributed by atoms with van der Waals surface area (Å²) in [6.45, 7) is 0. The first kappa shape index (κ1) is 9.93. The zero-order chi connectivity index (χ0) is 10.2. The Balaban J connectivity index is 1.68. The molecule has 0 bridgehead atoms. The van der Waals surface area contributed by atoms with Crippen LogP contribution < -0.4 is 11.1 Å². The molecule has 0 aromatic heterocycles. The molecule has 0 aromatic rings. The van der Waals surface area contributed by atoms with E-state index in [-0.39, 0.29) is 23.6 Å². The summed E-state index contributed by atoms with van der Waals surface area (Å²) in [6.07, 6.45) is 4.70. The highest BCUT2D eigenvalue weighted by atomic mass is 16.3. The summed E-state index contributed by atoms with van der Waals surface area (Å²) in [5, 5.41) is 11.9. The lowest BCUT2D eigenvalue weighted by atomic mass is 9.75. The van der Waals surface area contributed by atoms with Gasteiger partial charge in [0.25, 0.3) is 0 Å². The number of carbonyl (C=O) groups excluding carboxylic acids is 1. The maximum Gasteiger partial charge on any atom is 0.222 e. The minimum Gasteiger partial charge on any atom is -0.393 e. The highest BCUT2D eigenvalue weighted by Crippen LogP contribution is 2.32. The van der Waals surface area contributed by atoms with Crippen LogP contribution in [-0.4, -0.2) is 28.7 Å². The van der Waals surface area contributed by atoms with Crippen LogP contribution in [0.25, 0.3) is 0 Å². The van der Waals surface area contributed by atoms with Crippen molar-refractivity contribution in [3.05, 3.63) is 0 Å². The minimum atomic E-state index is -0.230. The lowest BCUT2D eigenvalue weighted by molar-refractivity contribution is -0.125. The summed E-state index contributed by atoms with van der Waals surface area (Å²) in [4.78, 5) is 11.5. The normalized spacial score (nSPS) is 34.1. The molecule has 80 valence electrons. The van der Waals surface area contributed by atoms with Gasteiger partial charge in [-0.25, -0.2) is 0 Å². The molecule has 1 amide bonds. The standard InChI is InChI=1S/C10H18N2O2/c11-10(2-1-3-10)6-9(14)12-7-4-8(13)5-7/h7-8,13H,1-6,11H2,(H,12,14). The van der Waals surface area contributed by atoms with Gasteiger partial charge in [0, 0.05) is 18.0 Å². The van der Waals surface area contributed by atoms with Gasteiger partial charge in [-0.2, -0.15) is 0 Å². The van der Waals surface area contributed by atoms with E-state index >= 15 is 0 Å². The van der Waals surface area contributed by atoms with E-state index in [1.807, 2.05) is 0 Å². The summed E-state index contributed by atoms with van der Waals surface area (Å²) in [5.74, 6) is 0.0455. The van der Waals surface area contributed by atoms with Crippen LogP contribution in [0.4, 0.5) is 0 Å². The maximum atomic E-state index is 11.5. The molecule has 2 rings (SSSR count). The molecule has 0 unspecified atom stereocenters. The van der Waals surface area contributed by atoms with Gasteiger partial charge in [0.05, 0.1) is 6.10 Å². The van der Waals surface area contributed by atoms with Crippen LogP contribution in [0.3, 0.4) is 0 Å². The number of rotatable bonds is 3. The predicted molar refractivity (Wildman–Crippen MR) is 52.6 cm³/mol. The van der Waals surface area contributed by atoms with Gasteiger partial charge in [0.15, 0.2) is 0 Å². The molecule has 0 radical (unpaired) electrons. The molecule has 4 N–H and O–H groups in total. The van der Waals surface area contributed by atoms with E-state index in [4.69, 9.17) is 10.8 Å². The first-order chi connectivity index (χ1) is 6.57. The number of hydrogen-bond donors (Lipinski definition) is 3. The van der Waals surface area contributed by atoms with Gasteiger partial charge in [-0.05, 0) is 32.1 Å². The monoisotopic (exact) mass is 198 g/mol. The number of amides is 1. The average molecular weight is 198 g/mol. The Morgan fingerprint density at radius 1 is 1.50 bits per heavy atom. The van der Waals surface area contributed by atoms with E-state index in [9.17, 15) is 4.79 Å². The van der Waals surface area contributed by atoms with Crippen molar-refractivity contribution in [3.63, 3.8) is 0 Å². The molecule has 4 nitrogen and oxygen atoms in total. The zero-order valence-corrected chi connectivity index (χ0v) is 8.33. The third-order valence-corrected chi connectivity index (χ3v) is 3.34. The Labute approximate surface area is 83.9 Å². The van der Waals surface area contributed by atoms with Crippen molar-refractivity contribution in [1.82, 2.24) is 5.32 Å². The second kappa shape index (κ2) is 3.51. The number of carbonyl (C=O) groups is 1. The Bertz CT molecular complexity index is 232. The first-order valence-corrected chi connectivity index (χ1v) is 5.34. The van der Waals surface area contributed by atoms with E-state index in [0.29, 0.717) is 19.3 Å². The number of nitrogens with one attached hydrogen (secondary N) is 1. The molecule has 0 atom stereocenters. The number of aliphatic hydroxyl groups is 1. The Morgan fingerprint density at radius 3 is 2.57 bits per heavy atom. The quantitative estimate of drug-likeness (QED) is 0.592.